The van der Waals surface area contributed by atoms with Gasteiger partial charge in [-0.2, -0.15) is 0 Å². The highest BCUT2D eigenvalue weighted by Crippen LogP contribution is 2.25. The first-order valence-corrected chi connectivity index (χ1v) is 4.86. The van der Waals surface area contributed by atoms with Crippen LogP contribution >= 0.6 is 0 Å². The smallest absolute Gasteiger partial charge is 0.0619 e. The number of hydrogen-bond acceptors (Lipinski definition) is 2. The van der Waals surface area contributed by atoms with Crippen LogP contribution in [0.3, 0.4) is 0 Å². The van der Waals surface area contributed by atoms with Crippen molar-refractivity contribution in [2.24, 2.45) is 0 Å². The Labute approximate surface area is 86.2 Å². The van der Waals surface area contributed by atoms with E-state index in [9.17, 15) is 0 Å². The normalized spacial score (nSPS) is 9.64. The molecule has 0 bridgehead atoms. The van der Waals surface area contributed by atoms with Crippen LogP contribution in [0.25, 0.3) is 0 Å². The minimum absolute atomic E-state index is 1.06. The van der Waals surface area contributed by atoms with E-state index in [1.54, 1.807) is 6.20 Å². The van der Waals surface area contributed by atoms with Crippen molar-refractivity contribution in [1.29, 1.82) is 0 Å². The van der Waals surface area contributed by atoms with E-state index in [1.165, 1.54) is 11.3 Å². The van der Waals surface area contributed by atoms with Crippen LogP contribution < -0.4 is 10.2 Å². The van der Waals surface area contributed by atoms with Gasteiger partial charge in [-0.15, -0.1) is 0 Å². The molecular weight excluding hydrogens is 172 g/mol. The molecule has 0 radical (unpaired) electrons. The molecule has 1 rings (SSSR count). The molecule has 0 atom stereocenters. The van der Waals surface area contributed by atoms with Crippen molar-refractivity contribution in [3.63, 3.8) is 0 Å². The van der Waals surface area contributed by atoms with E-state index in [0.29, 0.717) is 0 Å². The van der Waals surface area contributed by atoms with E-state index < -0.39 is 0 Å². The van der Waals surface area contributed by atoms with Crippen LogP contribution in [0, 0.1) is 0 Å². The quantitative estimate of drug-likeness (QED) is 0.785. The first-order chi connectivity index (χ1) is 6.69. The van der Waals surface area contributed by atoms with Gasteiger partial charge < -0.3 is 10.2 Å². The highest BCUT2D eigenvalue weighted by Gasteiger charge is 2.03. The Balaban J connectivity index is 3.09. The first kappa shape index (κ1) is 10.6. The van der Waals surface area contributed by atoms with Crippen molar-refractivity contribution in [3.05, 3.63) is 36.5 Å². The van der Waals surface area contributed by atoms with Gasteiger partial charge in [-0.1, -0.05) is 19.6 Å². The minimum Gasteiger partial charge on any atom is -0.376 e. The highest BCUT2D eigenvalue weighted by atomic mass is 15.1. The summed E-state index contributed by atoms with van der Waals surface area (Å²) in [6.45, 7) is 5.84. The molecule has 1 aromatic rings. The second-order valence-corrected chi connectivity index (χ2v) is 3.45. The van der Waals surface area contributed by atoms with Gasteiger partial charge >= 0.3 is 0 Å². The monoisotopic (exact) mass is 190 g/mol. The van der Waals surface area contributed by atoms with Crippen LogP contribution in [0.5, 0.6) is 0 Å². The second-order valence-electron chi connectivity index (χ2n) is 3.45. The lowest BCUT2D eigenvalue weighted by molar-refractivity contribution is 1.11. The van der Waals surface area contributed by atoms with Gasteiger partial charge in [0.15, 0.2) is 0 Å². The molecule has 0 fully saturated rings. The molecule has 0 heterocycles. The molecule has 1 N–H and O–H groups in total. The van der Waals surface area contributed by atoms with Gasteiger partial charge in [-0.25, -0.2) is 0 Å². The molecular formula is C12H18N2. The molecule has 0 aliphatic heterocycles. The molecule has 1 aromatic carbocycles. The second kappa shape index (κ2) is 4.70. The summed E-state index contributed by atoms with van der Waals surface area (Å²) in [6, 6.07) is 6.45. The number of rotatable bonds is 4. The molecule has 14 heavy (non-hydrogen) atoms. The molecule has 2 heteroatoms. The summed E-state index contributed by atoms with van der Waals surface area (Å²) in [5.41, 5.74) is 3.63. The van der Waals surface area contributed by atoms with Crippen LogP contribution in [0.15, 0.2) is 31.0 Å². The van der Waals surface area contributed by atoms with E-state index in [-0.39, 0.29) is 0 Å². The Bertz CT molecular complexity index is 316. The summed E-state index contributed by atoms with van der Waals surface area (Å²) in [7, 11) is 4.07. The molecule has 0 spiro atoms. The van der Waals surface area contributed by atoms with Crippen molar-refractivity contribution in [2.75, 3.05) is 24.3 Å². The van der Waals surface area contributed by atoms with Crippen molar-refractivity contribution in [2.45, 2.75) is 13.3 Å². The Morgan fingerprint density at radius 1 is 1.43 bits per heavy atom. The zero-order valence-corrected chi connectivity index (χ0v) is 9.17. The first-order valence-electron chi connectivity index (χ1n) is 4.86. The van der Waals surface area contributed by atoms with Gasteiger partial charge in [-0.05, 0) is 30.3 Å². The summed E-state index contributed by atoms with van der Waals surface area (Å²) in [4.78, 5) is 2.09. The lowest BCUT2D eigenvalue weighted by Gasteiger charge is -2.18. The fourth-order valence-corrected chi connectivity index (χ4v) is 1.42. The topological polar surface area (TPSA) is 15.3 Å². The maximum Gasteiger partial charge on any atom is 0.0619 e. The summed E-state index contributed by atoms with van der Waals surface area (Å²) < 4.78 is 0. The van der Waals surface area contributed by atoms with Crippen molar-refractivity contribution in [1.82, 2.24) is 0 Å². The zero-order chi connectivity index (χ0) is 10.6. The minimum atomic E-state index is 1.06. The Morgan fingerprint density at radius 2 is 2.14 bits per heavy atom. The predicted molar refractivity (Wildman–Crippen MR) is 64.0 cm³/mol. The average Bonchev–Trinajstić information content (AvgIpc) is 2.17. The zero-order valence-electron chi connectivity index (χ0n) is 9.17. The van der Waals surface area contributed by atoms with E-state index in [4.69, 9.17) is 0 Å². The largest absolute Gasteiger partial charge is 0.376 e. The van der Waals surface area contributed by atoms with E-state index in [2.05, 4.69) is 41.9 Å². The van der Waals surface area contributed by atoms with Crippen molar-refractivity contribution >= 4 is 11.4 Å². The lowest BCUT2D eigenvalue weighted by atomic mass is 10.1. The Morgan fingerprint density at radius 3 is 2.64 bits per heavy atom. The third-order valence-corrected chi connectivity index (χ3v) is 2.21. The van der Waals surface area contributed by atoms with Crippen molar-refractivity contribution < 1.29 is 0 Å². The van der Waals surface area contributed by atoms with Crippen LogP contribution in [0.4, 0.5) is 11.4 Å². The predicted octanol–water partition coefficient (Wildman–Crippen LogP) is 2.87. The fourth-order valence-electron chi connectivity index (χ4n) is 1.42. The molecule has 0 aromatic heterocycles. The molecule has 0 saturated carbocycles. The van der Waals surface area contributed by atoms with Crippen LogP contribution in [-0.2, 0) is 6.42 Å². The van der Waals surface area contributed by atoms with Gasteiger partial charge in [0.05, 0.1) is 11.4 Å². The number of aryl methyl sites for hydroxylation is 1. The summed E-state index contributed by atoms with van der Waals surface area (Å²) in [5, 5.41) is 3.15. The maximum atomic E-state index is 3.68. The maximum absolute atomic E-state index is 3.68. The van der Waals surface area contributed by atoms with Crippen LogP contribution in [-0.4, -0.2) is 14.1 Å². The standard InChI is InChI=1S/C12H18N2/c1-5-10-7-8-12(14(3)4)11(9-10)13-6-2/h6-9,13H,2,5H2,1,3-4H3. The number of benzene rings is 1. The third kappa shape index (κ3) is 2.28. The SMILES string of the molecule is C=CNc1cc(CC)ccc1N(C)C. The Kier molecular flexibility index (Phi) is 3.57. The fraction of sp³-hybridized carbons (Fsp3) is 0.333. The molecule has 0 aliphatic rings. The summed E-state index contributed by atoms with van der Waals surface area (Å²) in [5.74, 6) is 0. The Hall–Kier alpha value is -1.44. The van der Waals surface area contributed by atoms with Gasteiger partial charge in [0.25, 0.3) is 0 Å². The van der Waals surface area contributed by atoms with Gasteiger partial charge in [0.1, 0.15) is 0 Å². The number of nitrogens with one attached hydrogen (secondary N) is 1. The van der Waals surface area contributed by atoms with E-state index in [0.717, 1.165) is 12.1 Å². The number of nitrogens with zero attached hydrogens (tertiary/aromatic N) is 1. The van der Waals surface area contributed by atoms with E-state index in [1.807, 2.05) is 14.1 Å². The third-order valence-electron chi connectivity index (χ3n) is 2.21. The highest BCUT2D eigenvalue weighted by molar-refractivity contribution is 5.71. The molecule has 0 saturated heterocycles. The summed E-state index contributed by atoms with van der Waals surface area (Å²) >= 11 is 0. The number of hydrogen-bond donors (Lipinski definition) is 1. The average molecular weight is 190 g/mol. The van der Waals surface area contributed by atoms with Crippen LogP contribution in [0.1, 0.15) is 12.5 Å². The molecule has 0 amide bonds. The van der Waals surface area contributed by atoms with Crippen molar-refractivity contribution in [3.8, 4) is 0 Å². The van der Waals surface area contributed by atoms with E-state index >= 15 is 0 Å². The van der Waals surface area contributed by atoms with Gasteiger partial charge in [0.2, 0.25) is 0 Å². The lowest BCUT2D eigenvalue weighted by Crippen LogP contribution is -2.10. The number of anilines is 2. The van der Waals surface area contributed by atoms with Gasteiger partial charge in [-0.3, -0.25) is 0 Å². The molecule has 0 unspecified atom stereocenters. The van der Waals surface area contributed by atoms with Crippen LogP contribution in [0.2, 0.25) is 0 Å². The van der Waals surface area contributed by atoms with Gasteiger partial charge in [0, 0.05) is 14.1 Å². The summed E-state index contributed by atoms with van der Waals surface area (Å²) in [6.07, 6.45) is 2.77. The molecule has 76 valence electrons. The molecule has 2 nitrogen and oxygen atoms in total. The molecule has 0 aliphatic carbocycles.